The number of hydrogen-bond acceptors (Lipinski definition) is 3. The van der Waals surface area contributed by atoms with E-state index in [-0.39, 0.29) is 0 Å². The molecule has 0 saturated heterocycles. The van der Waals surface area contributed by atoms with E-state index >= 15 is 0 Å². The molecular formula is C24H44O3Si. The van der Waals surface area contributed by atoms with E-state index in [1.54, 1.807) is 7.11 Å². The molecule has 4 heteroatoms. The van der Waals surface area contributed by atoms with E-state index in [9.17, 15) is 0 Å². The molecule has 0 radical (unpaired) electrons. The van der Waals surface area contributed by atoms with Crippen LogP contribution in [-0.2, 0) is 4.43 Å². The Kier molecular flexibility index (Phi) is 14.2. The molecule has 0 fully saturated rings. The minimum absolute atomic E-state index is 0.834. The zero-order chi connectivity index (χ0) is 20.5. The van der Waals surface area contributed by atoms with Crippen molar-refractivity contribution < 1.29 is 13.6 Å². The lowest BCUT2D eigenvalue weighted by atomic mass is 10.1. The Hall–Kier alpha value is -1.00. The van der Waals surface area contributed by atoms with Gasteiger partial charge in [0, 0.05) is 6.61 Å². The molecule has 0 heterocycles. The van der Waals surface area contributed by atoms with Gasteiger partial charge in [-0.1, -0.05) is 85.0 Å². The standard InChI is InChI=1S/C24H44O3Si/c1-5-8-9-10-11-12-13-14-15-16-17-22-26-28(6-2,7-3)27-24-20-18-23(25-4)19-21-24/h18-21H,5-17,22H2,1-4H3. The van der Waals surface area contributed by atoms with Crippen molar-refractivity contribution in [3.63, 3.8) is 0 Å². The number of benzene rings is 1. The van der Waals surface area contributed by atoms with E-state index in [4.69, 9.17) is 13.6 Å². The van der Waals surface area contributed by atoms with Gasteiger partial charge in [-0.3, -0.25) is 0 Å². The molecule has 0 spiro atoms. The van der Waals surface area contributed by atoms with Crippen molar-refractivity contribution in [1.82, 2.24) is 0 Å². The van der Waals surface area contributed by atoms with Crippen LogP contribution in [-0.4, -0.2) is 22.3 Å². The van der Waals surface area contributed by atoms with Gasteiger partial charge in [0.2, 0.25) is 0 Å². The van der Waals surface area contributed by atoms with Crippen LogP contribution in [0.4, 0.5) is 0 Å². The van der Waals surface area contributed by atoms with E-state index in [1.807, 2.05) is 24.3 Å². The lowest BCUT2D eigenvalue weighted by molar-refractivity contribution is 0.230. The van der Waals surface area contributed by atoms with E-state index < -0.39 is 8.56 Å². The first-order valence-electron chi connectivity index (χ1n) is 11.7. The van der Waals surface area contributed by atoms with Crippen molar-refractivity contribution in [3.05, 3.63) is 24.3 Å². The second kappa shape index (κ2) is 15.9. The van der Waals surface area contributed by atoms with Crippen LogP contribution in [0.5, 0.6) is 11.5 Å². The maximum atomic E-state index is 6.36. The number of rotatable bonds is 18. The summed E-state index contributed by atoms with van der Waals surface area (Å²) in [5.41, 5.74) is 0. The summed E-state index contributed by atoms with van der Waals surface area (Å²) in [5.74, 6) is 1.75. The average Bonchev–Trinajstić information content (AvgIpc) is 2.74. The Morgan fingerprint density at radius 3 is 1.57 bits per heavy atom. The largest absolute Gasteiger partial charge is 0.520 e. The first-order valence-corrected chi connectivity index (χ1v) is 13.9. The second-order valence-electron chi connectivity index (χ2n) is 7.78. The third kappa shape index (κ3) is 10.5. The van der Waals surface area contributed by atoms with Gasteiger partial charge >= 0.3 is 8.56 Å². The third-order valence-electron chi connectivity index (χ3n) is 5.55. The highest BCUT2D eigenvalue weighted by atomic mass is 28.4. The summed E-state index contributed by atoms with van der Waals surface area (Å²) in [7, 11) is -0.466. The van der Waals surface area contributed by atoms with Gasteiger partial charge in [0.05, 0.1) is 7.11 Å². The highest BCUT2D eigenvalue weighted by molar-refractivity contribution is 6.68. The van der Waals surface area contributed by atoms with E-state index in [0.29, 0.717) is 0 Å². The van der Waals surface area contributed by atoms with Gasteiger partial charge in [0.15, 0.2) is 0 Å². The molecule has 1 aromatic rings. The minimum Gasteiger partial charge on any atom is -0.520 e. The van der Waals surface area contributed by atoms with Gasteiger partial charge in [-0.25, -0.2) is 0 Å². The molecule has 0 saturated carbocycles. The number of methoxy groups -OCH3 is 1. The summed E-state index contributed by atoms with van der Waals surface area (Å²) < 4.78 is 17.9. The molecule has 0 bridgehead atoms. The second-order valence-corrected chi connectivity index (χ2v) is 11.5. The maximum Gasteiger partial charge on any atom is 0.398 e. The predicted molar refractivity (Wildman–Crippen MR) is 123 cm³/mol. The van der Waals surface area contributed by atoms with Crippen molar-refractivity contribution in [1.29, 1.82) is 0 Å². The van der Waals surface area contributed by atoms with Crippen LogP contribution >= 0.6 is 0 Å². The van der Waals surface area contributed by atoms with Gasteiger partial charge in [0.25, 0.3) is 0 Å². The van der Waals surface area contributed by atoms with Crippen LogP contribution in [0.1, 0.15) is 91.4 Å². The highest BCUT2D eigenvalue weighted by Gasteiger charge is 2.35. The Balaban J connectivity index is 2.17. The van der Waals surface area contributed by atoms with Crippen molar-refractivity contribution in [2.45, 2.75) is 103 Å². The molecule has 0 aliphatic rings. The zero-order valence-corrected chi connectivity index (χ0v) is 19.9. The molecule has 3 nitrogen and oxygen atoms in total. The number of ether oxygens (including phenoxy) is 1. The lowest BCUT2D eigenvalue weighted by Crippen LogP contribution is -2.44. The van der Waals surface area contributed by atoms with Crippen LogP contribution in [0.25, 0.3) is 0 Å². The smallest absolute Gasteiger partial charge is 0.398 e. The molecule has 0 N–H and O–H groups in total. The van der Waals surface area contributed by atoms with Crippen LogP contribution < -0.4 is 9.16 Å². The molecule has 162 valence electrons. The topological polar surface area (TPSA) is 27.7 Å². The Bertz CT molecular complexity index is 471. The fourth-order valence-corrected chi connectivity index (χ4v) is 5.85. The Morgan fingerprint density at radius 1 is 0.643 bits per heavy atom. The van der Waals surface area contributed by atoms with E-state index in [1.165, 1.54) is 64.2 Å². The van der Waals surface area contributed by atoms with Crippen molar-refractivity contribution in [3.8, 4) is 11.5 Å². The molecule has 1 rings (SSSR count). The SMILES string of the molecule is CCCCCCCCCCCCCO[Si](CC)(CC)Oc1ccc(OC)cc1. The van der Waals surface area contributed by atoms with Crippen LogP contribution in [0.2, 0.25) is 12.1 Å². The van der Waals surface area contributed by atoms with Gasteiger partial charge in [-0.05, 0) is 42.8 Å². The molecule has 28 heavy (non-hydrogen) atoms. The normalized spacial score (nSPS) is 11.6. The highest BCUT2D eigenvalue weighted by Crippen LogP contribution is 2.25. The summed E-state index contributed by atoms with van der Waals surface area (Å²) in [6, 6.07) is 9.82. The Morgan fingerprint density at radius 2 is 1.11 bits per heavy atom. The molecule has 0 unspecified atom stereocenters. The van der Waals surface area contributed by atoms with Crippen molar-refractivity contribution >= 4 is 8.56 Å². The zero-order valence-electron chi connectivity index (χ0n) is 18.9. The number of hydrogen-bond donors (Lipinski definition) is 0. The maximum absolute atomic E-state index is 6.36. The fourth-order valence-electron chi connectivity index (χ4n) is 3.51. The summed E-state index contributed by atoms with van der Waals surface area (Å²) in [4.78, 5) is 0. The van der Waals surface area contributed by atoms with Gasteiger partial charge in [-0.15, -0.1) is 0 Å². The van der Waals surface area contributed by atoms with Crippen molar-refractivity contribution in [2.75, 3.05) is 13.7 Å². The Labute approximate surface area is 175 Å². The average molecular weight is 409 g/mol. The summed E-state index contributed by atoms with van der Waals surface area (Å²) in [5, 5.41) is 0. The summed E-state index contributed by atoms with van der Waals surface area (Å²) in [6.07, 6.45) is 15.0. The first-order chi connectivity index (χ1) is 13.7. The molecule has 0 aliphatic heterocycles. The fraction of sp³-hybridized carbons (Fsp3) is 0.750. The quantitative estimate of drug-likeness (QED) is 0.182. The monoisotopic (exact) mass is 408 g/mol. The number of unbranched alkanes of at least 4 members (excludes halogenated alkanes) is 10. The summed E-state index contributed by atoms with van der Waals surface area (Å²) in [6.45, 7) is 7.50. The van der Waals surface area contributed by atoms with E-state index in [2.05, 4.69) is 20.8 Å². The molecular weight excluding hydrogens is 364 g/mol. The van der Waals surface area contributed by atoms with Crippen molar-refractivity contribution in [2.24, 2.45) is 0 Å². The molecule has 0 aromatic heterocycles. The van der Waals surface area contributed by atoms with Crippen LogP contribution in [0.15, 0.2) is 24.3 Å². The molecule has 1 aromatic carbocycles. The third-order valence-corrected chi connectivity index (χ3v) is 9.05. The van der Waals surface area contributed by atoms with E-state index in [0.717, 1.165) is 36.6 Å². The molecule has 0 atom stereocenters. The predicted octanol–water partition coefficient (Wildman–Crippen LogP) is 7.88. The first kappa shape index (κ1) is 25.0. The minimum atomic E-state index is -2.15. The van der Waals surface area contributed by atoms with Crippen LogP contribution in [0.3, 0.4) is 0 Å². The molecule has 0 aliphatic carbocycles. The molecule has 0 amide bonds. The summed E-state index contributed by atoms with van der Waals surface area (Å²) >= 11 is 0. The van der Waals surface area contributed by atoms with Gasteiger partial charge < -0.3 is 13.6 Å². The van der Waals surface area contributed by atoms with Gasteiger partial charge in [-0.2, -0.15) is 0 Å². The lowest BCUT2D eigenvalue weighted by Gasteiger charge is -2.29. The van der Waals surface area contributed by atoms with Crippen LogP contribution in [0, 0.1) is 0 Å². The van der Waals surface area contributed by atoms with Gasteiger partial charge in [0.1, 0.15) is 11.5 Å².